The average molecular weight is 424 g/mol. The van der Waals surface area contributed by atoms with Crippen LogP contribution in [0.1, 0.15) is 70.4 Å². The van der Waals surface area contributed by atoms with Crippen molar-refractivity contribution in [3.05, 3.63) is 29.3 Å². The molecule has 1 aliphatic heterocycles. The second-order valence-corrected chi connectivity index (χ2v) is 8.55. The molecule has 7 heteroatoms. The number of hydrogen-bond donors (Lipinski definition) is 3. The summed E-state index contributed by atoms with van der Waals surface area (Å²) in [6.45, 7) is 6.86. The van der Waals surface area contributed by atoms with Crippen LogP contribution in [0.2, 0.25) is 0 Å². The van der Waals surface area contributed by atoms with Gasteiger partial charge >= 0.3 is 6.09 Å². The van der Waals surface area contributed by atoms with E-state index in [0.717, 1.165) is 24.0 Å². The summed E-state index contributed by atoms with van der Waals surface area (Å²) in [7, 11) is 0. The van der Waals surface area contributed by atoms with Crippen LogP contribution in [-0.4, -0.2) is 47.5 Å². The molecule has 0 aromatic heterocycles. The second kappa shape index (κ2) is 11.5. The van der Waals surface area contributed by atoms with Crippen LogP contribution in [0, 0.1) is 0 Å². The minimum atomic E-state index is -1.10. The first-order valence-corrected chi connectivity index (χ1v) is 10.9. The Balaban J connectivity index is 1.94. The maximum absolute atomic E-state index is 11.3. The fraction of sp³-hybridized carbons (Fsp3) is 0.696. The molecular weight excluding hydrogens is 386 g/mol. The van der Waals surface area contributed by atoms with Gasteiger partial charge in [-0.3, -0.25) is 0 Å². The van der Waals surface area contributed by atoms with E-state index in [1.165, 1.54) is 19.3 Å². The maximum atomic E-state index is 11.3. The molecule has 0 atom stereocenters. The van der Waals surface area contributed by atoms with Gasteiger partial charge in [0.2, 0.25) is 0 Å². The molecule has 7 nitrogen and oxygen atoms in total. The highest BCUT2D eigenvalue weighted by atomic mass is 16.7. The fourth-order valence-corrected chi connectivity index (χ4v) is 3.54. The maximum Gasteiger partial charge on any atom is 0.405 e. The van der Waals surface area contributed by atoms with E-state index in [2.05, 4.69) is 12.2 Å². The van der Waals surface area contributed by atoms with Crippen molar-refractivity contribution in [2.45, 2.75) is 83.6 Å². The van der Waals surface area contributed by atoms with Crippen LogP contribution in [-0.2, 0) is 22.5 Å². The summed E-state index contributed by atoms with van der Waals surface area (Å²) in [5.74, 6) is -0.00954. The lowest BCUT2D eigenvalue weighted by Gasteiger charge is -2.43. The molecule has 1 aromatic carbocycles. The van der Waals surface area contributed by atoms with E-state index in [1.54, 1.807) is 0 Å². The van der Waals surface area contributed by atoms with Crippen molar-refractivity contribution in [3.63, 3.8) is 0 Å². The van der Waals surface area contributed by atoms with Crippen molar-refractivity contribution in [2.75, 3.05) is 19.8 Å². The van der Waals surface area contributed by atoms with E-state index in [4.69, 9.17) is 14.2 Å². The highest BCUT2D eigenvalue weighted by Gasteiger charge is 2.41. The Labute approximate surface area is 179 Å². The largest absolute Gasteiger partial charge is 0.493 e. The van der Waals surface area contributed by atoms with Crippen LogP contribution < -0.4 is 10.1 Å². The Morgan fingerprint density at radius 3 is 2.50 bits per heavy atom. The quantitative estimate of drug-likeness (QED) is 0.435. The normalized spacial score (nSPS) is 17.5. The van der Waals surface area contributed by atoms with Gasteiger partial charge in [0.1, 0.15) is 5.75 Å². The third-order valence-electron chi connectivity index (χ3n) is 5.46. The molecule has 1 aliphatic rings. The molecular formula is C23H37NO6. The van der Waals surface area contributed by atoms with Gasteiger partial charge in [-0.1, -0.05) is 38.7 Å². The molecule has 1 heterocycles. The van der Waals surface area contributed by atoms with Gasteiger partial charge in [-0.05, 0) is 50.8 Å². The minimum absolute atomic E-state index is 0.0993. The SMILES string of the molecule is CCCCCCCOc1ccc(CCC2(NC(=O)O)COC(C)(C)OC2)cc1CO. The van der Waals surface area contributed by atoms with E-state index < -0.39 is 17.4 Å². The monoisotopic (exact) mass is 423 g/mol. The van der Waals surface area contributed by atoms with Crippen LogP contribution in [0.4, 0.5) is 4.79 Å². The van der Waals surface area contributed by atoms with Crippen molar-refractivity contribution in [1.82, 2.24) is 5.32 Å². The Morgan fingerprint density at radius 1 is 1.17 bits per heavy atom. The second-order valence-electron chi connectivity index (χ2n) is 8.55. The van der Waals surface area contributed by atoms with Crippen LogP contribution >= 0.6 is 0 Å². The standard InChI is InChI=1S/C23H37NO6/c1-4-5-6-7-8-13-28-20-10-9-18(14-19(20)15-25)11-12-23(24-21(26)27)16-29-22(2,3)30-17-23/h9-10,14,24-25H,4-8,11-13,15-17H2,1-3H3,(H,26,27). The molecule has 30 heavy (non-hydrogen) atoms. The van der Waals surface area contributed by atoms with Gasteiger partial charge in [-0.25, -0.2) is 4.79 Å². The number of aliphatic hydroxyl groups excluding tert-OH is 1. The van der Waals surface area contributed by atoms with Crippen molar-refractivity contribution in [3.8, 4) is 5.75 Å². The summed E-state index contributed by atoms with van der Waals surface area (Å²) in [5, 5.41) is 21.6. The average Bonchev–Trinajstić information content (AvgIpc) is 2.71. The molecule has 1 aromatic rings. The van der Waals surface area contributed by atoms with Crippen molar-refractivity contribution in [2.24, 2.45) is 0 Å². The highest BCUT2D eigenvalue weighted by Crippen LogP contribution is 2.28. The predicted molar refractivity (Wildman–Crippen MR) is 115 cm³/mol. The topological polar surface area (TPSA) is 97.3 Å². The lowest BCUT2D eigenvalue weighted by atomic mass is 9.91. The number of carbonyl (C=O) groups is 1. The summed E-state index contributed by atoms with van der Waals surface area (Å²) in [5.41, 5.74) is 0.957. The Bertz CT molecular complexity index is 666. The summed E-state index contributed by atoms with van der Waals surface area (Å²) >= 11 is 0. The lowest BCUT2D eigenvalue weighted by molar-refractivity contribution is -0.271. The molecule has 170 valence electrons. The van der Waals surface area contributed by atoms with E-state index in [1.807, 2.05) is 32.0 Å². The summed E-state index contributed by atoms with van der Waals surface area (Å²) < 4.78 is 17.3. The van der Waals surface area contributed by atoms with Crippen molar-refractivity contribution in [1.29, 1.82) is 0 Å². The van der Waals surface area contributed by atoms with E-state index in [-0.39, 0.29) is 19.8 Å². The summed E-state index contributed by atoms with van der Waals surface area (Å²) in [6, 6.07) is 5.78. The van der Waals surface area contributed by atoms with Gasteiger partial charge in [0, 0.05) is 5.56 Å². The smallest absolute Gasteiger partial charge is 0.405 e. The van der Waals surface area contributed by atoms with Gasteiger partial charge in [0.25, 0.3) is 0 Å². The molecule has 1 amide bonds. The number of rotatable bonds is 12. The first-order chi connectivity index (χ1) is 14.3. The van der Waals surface area contributed by atoms with Gasteiger partial charge < -0.3 is 29.7 Å². The van der Waals surface area contributed by atoms with Crippen molar-refractivity contribution < 1.29 is 29.2 Å². The van der Waals surface area contributed by atoms with Crippen LogP contribution in [0.5, 0.6) is 5.75 Å². The molecule has 0 radical (unpaired) electrons. The minimum Gasteiger partial charge on any atom is -0.493 e. The van der Waals surface area contributed by atoms with Gasteiger partial charge in [-0.2, -0.15) is 0 Å². The fourth-order valence-electron chi connectivity index (χ4n) is 3.54. The number of aliphatic hydroxyl groups is 1. The molecule has 0 unspecified atom stereocenters. The zero-order chi connectivity index (χ0) is 22.0. The highest BCUT2D eigenvalue weighted by molar-refractivity contribution is 5.65. The molecule has 0 spiro atoms. The number of carboxylic acid groups (broad SMARTS) is 1. The molecule has 3 N–H and O–H groups in total. The Morgan fingerprint density at radius 2 is 1.87 bits per heavy atom. The summed E-state index contributed by atoms with van der Waals surface area (Å²) in [4.78, 5) is 11.3. The molecule has 0 saturated carbocycles. The number of ether oxygens (including phenoxy) is 3. The lowest BCUT2D eigenvalue weighted by Crippen LogP contribution is -2.61. The predicted octanol–water partition coefficient (Wildman–Crippen LogP) is 4.25. The van der Waals surface area contributed by atoms with Crippen LogP contribution in [0.15, 0.2) is 18.2 Å². The Kier molecular flexibility index (Phi) is 9.39. The Hall–Kier alpha value is -1.83. The zero-order valence-electron chi connectivity index (χ0n) is 18.5. The van der Waals surface area contributed by atoms with Crippen LogP contribution in [0.3, 0.4) is 0 Å². The number of unbranched alkanes of at least 4 members (excludes halogenated alkanes) is 4. The van der Waals surface area contributed by atoms with Crippen LogP contribution in [0.25, 0.3) is 0 Å². The summed E-state index contributed by atoms with van der Waals surface area (Å²) in [6.07, 6.45) is 5.91. The zero-order valence-corrected chi connectivity index (χ0v) is 18.5. The molecule has 1 saturated heterocycles. The first-order valence-electron chi connectivity index (χ1n) is 10.9. The van der Waals surface area contributed by atoms with Crippen molar-refractivity contribution >= 4 is 6.09 Å². The number of benzene rings is 1. The third kappa shape index (κ3) is 7.78. The number of hydrogen-bond acceptors (Lipinski definition) is 5. The molecule has 2 rings (SSSR count). The van der Waals surface area contributed by atoms with E-state index in [9.17, 15) is 15.0 Å². The van der Waals surface area contributed by atoms with E-state index in [0.29, 0.717) is 25.2 Å². The molecule has 0 aliphatic carbocycles. The van der Waals surface area contributed by atoms with Gasteiger partial charge in [-0.15, -0.1) is 0 Å². The van der Waals surface area contributed by atoms with E-state index >= 15 is 0 Å². The van der Waals surface area contributed by atoms with Gasteiger partial charge in [0.05, 0.1) is 32.0 Å². The third-order valence-corrected chi connectivity index (χ3v) is 5.46. The molecule has 1 fully saturated rings. The molecule has 0 bridgehead atoms. The first kappa shape index (κ1) is 24.4. The number of nitrogens with one attached hydrogen (secondary N) is 1. The number of amides is 1. The number of aryl methyl sites for hydroxylation is 1. The van der Waals surface area contributed by atoms with Gasteiger partial charge in [0.15, 0.2) is 5.79 Å².